The molecule has 1 heterocycles. The van der Waals surface area contributed by atoms with E-state index in [4.69, 9.17) is 22.1 Å². The lowest BCUT2D eigenvalue weighted by Crippen LogP contribution is -2.03. The van der Waals surface area contributed by atoms with Crippen LogP contribution >= 0.6 is 11.6 Å². The van der Waals surface area contributed by atoms with Crippen LogP contribution in [-0.2, 0) is 6.54 Å². The van der Waals surface area contributed by atoms with Crippen molar-refractivity contribution in [2.24, 2.45) is 5.73 Å². The molecule has 5 heteroatoms. The highest BCUT2D eigenvalue weighted by molar-refractivity contribution is 6.30. The highest BCUT2D eigenvalue weighted by Crippen LogP contribution is 2.22. The van der Waals surface area contributed by atoms with Gasteiger partial charge in [0.05, 0.1) is 0 Å². The van der Waals surface area contributed by atoms with Crippen molar-refractivity contribution in [3.8, 4) is 11.6 Å². The fourth-order valence-electron chi connectivity index (χ4n) is 1.19. The molecule has 1 aromatic heterocycles. The van der Waals surface area contributed by atoms with Gasteiger partial charge in [0.1, 0.15) is 11.4 Å². The van der Waals surface area contributed by atoms with Crippen LogP contribution in [0.1, 0.15) is 5.69 Å². The molecule has 0 aliphatic carbocycles. The molecule has 4 nitrogen and oxygen atoms in total. The first-order chi connectivity index (χ1) is 7.79. The third-order valence-electron chi connectivity index (χ3n) is 1.96. The van der Waals surface area contributed by atoms with E-state index in [1.54, 1.807) is 36.7 Å². The number of nitrogens with two attached hydrogens (primary N) is 1. The van der Waals surface area contributed by atoms with E-state index in [-0.39, 0.29) is 6.54 Å². The average molecular weight is 236 g/mol. The molecule has 0 radical (unpaired) electrons. The van der Waals surface area contributed by atoms with Crippen LogP contribution < -0.4 is 10.5 Å². The predicted octanol–water partition coefficient (Wildman–Crippen LogP) is 2.38. The summed E-state index contributed by atoms with van der Waals surface area (Å²) in [4.78, 5) is 8.14. The van der Waals surface area contributed by atoms with Crippen molar-refractivity contribution in [3.63, 3.8) is 0 Å². The van der Waals surface area contributed by atoms with Gasteiger partial charge < -0.3 is 10.5 Å². The SMILES string of the molecule is NCc1nccnc1Oc1ccc(Cl)cc1. The van der Waals surface area contributed by atoms with Crippen LogP contribution in [0.2, 0.25) is 5.02 Å². The summed E-state index contributed by atoms with van der Waals surface area (Å²) < 4.78 is 5.54. The largest absolute Gasteiger partial charge is 0.437 e. The van der Waals surface area contributed by atoms with Crippen LogP contribution in [0.15, 0.2) is 36.7 Å². The first-order valence-corrected chi connectivity index (χ1v) is 5.11. The Morgan fingerprint density at radius 3 is 2.50 bits per heavy atom. The van der Waals surface area contributed by atoms with Crippen LogP contribution in [0.5, 0.6) is 11.6 Å². The second kappa shape index (κ2) is 4.92. The monoisotopic (exact) mass is 235 g/mol. The summed E-state index contributed by atoms with van der Waals surface area (Å²) in [5.74, 6) is 1.08. The summed E-state index contributed by atoms with van der Waals surface area (Å²) in [5.41, 5.74) is 6.15. The van der Waals surface area contributed by atoms with E-state index in [1.165, 1.54) is 0 Å². The van der Waals surface area contributed by atoms with Gasteiger partial charge in [0.15, 0.2) is 0 Å². The lowest BCUT2D eigenvalue weighted by atomic mass is 10.3. The highest BCUT2D eigenvalue weighted by atomic mass is 35.5. The van der Waals surface area contributed by atoms with Crippen LogP contribution in [-0.4, -0.2) is 9.97 Å². The third-order valence-corrected chi connectivity index (χ3v) is 2.21. The molecule has 0 aliphatic rings. The van der Waals surface area contributed by atoms with Crippen molar-refractivity contribution in [2.45, 2.75) is 6.54 Å². The van der Waals surface area contributed by atoms with Crippen molar-refractivity contribution >= 4 is 11.6 Å². The fraction of sp³-hybridized carbons (Fsp3) is 0.0909. The molecule has 2 aromatic rings. The first kappa shape index (κ1) is 10.9. The van der Waals surface area contributed by atoms with Gasteiger partial charge in [0, 0.05) is 24.0 Å². The Hall–Kier alpha value is -1.65. The van der Waals surface area contributed by atoms with Crippen LogP contribution in [0.3, 0.4) is 0 Å². The number of rotatable bonds is 3. The smallest absolute Gasteiger partial charge is 0.242 e. The summed E-state index contributed by atoms with van der Waals surface area (Å²) in [5, 5.41) is 0.658. The van der Waals surface area contributed by atoms with Crippen molar-refractivity contribution in [1.82, 2.24) is 9.97 Å². The summed E-state index contributed by atoms with van der Waals surface area (Å²) in [6, 6.07) is 7.01. The van der Waals surface area contributed by atoms with Gasteiger partial charge in [-0.25, -0.2) is 4.98 Å². The van der Waals surface area contributed by atoms with E-state index in [1.807, 2.05) is 0 Å². The molecular formula is C11H10ClN3O. The minimum Gasteiger partial charge on any atom is -0.437 e. The molecule has 0 atom stereocenters. The van der Waals surface area contributed by atoms with Crippen molar-refractivity contribution in [2.75, 3.05) is 0 Å². The number of halogens is 1. The van der Waals surface area contributed by atoms with E-state index in [0.717, 1.165) is 0 Å². The minimum absolute atomic E-state index is 0.288. The Balaban J connectivity index is 2.23. The summed E-state index contributed by atoms with van der Waals surface area (Å²) >= 11 is 5.77. The van der Waals surface area contributed by atoms with Gasteiger partial charge >= 0.3 is 0 Å². The topological polar surface area (TPSA) is 61.0 Å². The van der Waals surface area contributed by atoms with Crippen molar-refractivity contribution in [1.29, 1.82) is 0 Å². The molecule has 0 spiro atoms. The molecule has 0 bridgehead atoms. The van der Waals surface area contributed by atoms with E-state index < -0.39 is 0 Å². The second-order valence-electron chi connectivity index (χ2n) is 3.07. The minimum atomic E-state index is 0.288. The van der Waals surface area contributed by atoms with E-state index in [9.17, 15) is 0 Å². The molecule has 82 valence electrons. The third kappa shape index (κ3) is 2.48. The maximum Gasteiger partial charge on any atom is 0.242 e. The molecule has 0 fully saturated rings. The van der Waals surface area contributed by atoms with Crippen LogP contribution in [0.25, 0.3) is 0 Å². The number of hydrogen-bond donors (Lipinski definition) is 1. The van der Waals surface area contributed by atoms with Gasteiger partial charge in [-0.3, -0.25) is 4.98 Å². The average Bonchev–Trinajstić information content (AvgIpc) is 2.33. The molecule has 0 saturated heterocycles. The highest BCUT2D eigenvalue weighted by Gasteiger charge is 2.05. The molecular weight excluding hydrogens is 226 g/mol. The number of ether oxygens (including phenoxy) is 1. The Morgan fingerprint density at radius 1 is 1.12 bits per heavy atom. The lowest BCUT2D eigenvalue weighted by molar-refractivity contribution is 0.452. The standard InChI is InChI=1S/C11H10ClN3O/c12-8-1-3-9(4-2-8)16-11-10(7-13)14-5-6-15-11/h1-6H,7,13H2. The Kier molecular flexibility index (Phi) is 3.34. The summed E-state index contributed by atoms with van der Waals surface area (Å²) in [6.45, 7) is 0.288. The van der Waals surface area contributed by atoms with Crippen LogP contribution in [0, 0.1) is 0 Å². The number of benzene rings is 1. The Morgan fingerprint density at radius 2 is 1.81 bits per heavy atom. The zero-order chi connectivity index (χ0) is 11.4. The van der Waals surface area contributed by atoms with E-state index >= 15 is 0 Å². The van der Waals surface area contributed by atoms with Gasteiger partial charge in [-0.1, -0.05) is 11.6 Å². The number of nitrogens with zero attached hydrogens (tertiary/aromatic N) is 2. The predicted molar refractivity (Wildman–Crippen MR) is 61.4 cm³/mol. The second-order valence-corrected chi connectivity index (χ2v) is 3.50. The number of hydrogen-bond acceptors (Lipinski definition) is 4. The number of aromatic nitrogens is 2. The molecule has 16 heavy (non-hydrogen) atoms. The quantitative estimate of drug-likeness (QED) is 0.887. The molecule has 0 saturated carbocycles. The Bertz CT molecular complexity index is 473. The molecule has 0 amide bonds. The van der Waals surface area contributed by atoms with Crippen molar-refractivity contribution in [3.05, 3.63) is 47.4 Å². The molecule has 2 N–H and O–H groups in total. The van der Waals surface area contributed by atoms with Gasteiger partial charge in [-0.15, -0.1) is 0 Å². The van der Waals surface area contributed by atoms with E-state index in [0.29, 0.717) is 22.3 Å². The molecule has 0 unspecified atom stereocenters. The van der Waals surface area contributed by atoms with Gasteiger partial charge in [0.25, 0.3) is 0 Å². The van der Waals surface area contributed by atoms with Crippen LogP contribution in [0.4, 0.5) is 0 Å². The molecule has 2 rings (SSSR count). The summed E-state index contributed by atoms with van der Waals surface area (Å²) in [6.07, 6.45) is 3.14. The van der Waals surface area contributed by atoms with Gasteiger partial charge in [0.2, 0.25) is 5.88 Å². The molecule has 1 aromatic carbocycles. The van der Waals surface area contributed by atoms with Crippen molar-refractivity contribution < 1.29 is 4.74 Å². The molecule has 0 aliphatic heterocycles. The maximum absolute atomic E-state index is 5.77. The van der Waals surface area contributed by atoms with Gasteiger partial charge in [-0.2, -0.15) is 0 Å². The van der Waals surface area contributed by atoms with Gasteiger partial charge in [-0.05, 0) is 24.3 Å². The fourth-order valence-corrected chi connectivity index (χ4v) is 1.32. The lowest BCUT2D eigenvalue weighted by Gasteiger charge is -2.07. The summed E-state index contributed by atoms with van der Waals surface area (Å²) in [7, 11) is 0. The zero-order valence-electron chi connectivity index (χ0n) is 8.43. The first-order valence-electron chi connectivity index (χ1n) is 4.73. The van der Waals surface area contributed by atoms with E-state index in [2.05, 4.69) is 9.97 Å². The maximum atomic E-state index is 5.77. The normalized spacial score (nSPS) is 10.1. The Labute approximate surface area is 98.0 Å². The zero-order valence-corrected chi connectivity index (χ0v) is 9.19.